The average Bonchev–Trinajstić information content (AvgIpc) is 3.38. The molecule has 1 amide bonds. The van der Waals surface area contributed by atoms with E-state index in [9.17, 15) is 4.79 Å². The maximum absolute atomic E-state index is 12.2. The van der Waals surface area contributed by atoms with Gasteiger partial charge in [0.1, 0.15) is 10.8 Å². The van der Waals surface area contributed by atoms with Gasteiger partial charge >= 0.3 is 0 Å². The van der Waals surface area contributed by atoms with Crippen LogP contribution in [0.2, 0.25) is 0 Å². The molecule has 0 atom stereocenters. The molecule has 0 unspecified atom stereocenters. The van der Waals surface area contributed by atoms with Crippen LogP contribution in [0.5, 0.6) is 5.75 Å². The molecule has 0 aliphatic rings. The number of thioether (sulfide) groups is 1. The van der Waals surface area contributed by atoms with Crippen LogP contribution in [-0.4, -0.2) is 48.8 Å². The zero-order valence-electron chi connectivity index (χ0n) is 15.7. The Bertz CT molecular complexity index is 1140. The zero-order chi connectivity index (χ0) is 20.2. The first-order chi connectivity index (χ1) is 14.2. The number of aryl methyl sites for hydroxylation is 1. The first-order valence-corrected chi connectivity index (χ1v) is 10.6. The second kappa shape index (κ2) is 8.53. The standard InChI is InChI=1S/C18H17N7O2S2/c1-3-16-21-22-17(29-16)19-15(26)10-28-18-23-20-14-9-8-13(24-25(14)18)11-4-6-12(27-2)7-5-11/h4-9H,3,10H2,1-2H3,(H,19,22,26). The number of nitrogens with zero attached hydrogens (tertiary/aromatic N) is 6. The summed E-state index contributed by atoms with van der Waals surface area (Å²) in [4.78, 5) is 12.2. The van der Waals surface area contributed by atoms with Crippen molar-refractivity contribution in [1.82, 2.24) is 30.0 Å². The number of hydrogen-bond donors (Lipinski definition) is 1. The highest BCUT2D eigenvalue weighted by Gasteiger charge is 2.13. The Hall–Kier alpha value is -3.05. The molecule has 148 valence electrons. The van der Waals surface area contributed by atoms with Crippen molar-refractivity contribution in [2.45, 2.75) is 18.5 Å². The van der Waals surface area contributed by atoms with Gasteiger partial charge in [-0.2, -0.15) is 9.61 Å². The Kier molecular flexibility index (Phi) is 5.67. The highest BCUT2D eigenvalue weighted by atomic mass is 32.2. The predicted octanol–water partition coefficient (Wildman–Crippen LogP) is 2.94. The van der Waals surface area contributed by atoms with E-state index in [-0.39, 0.29) is 11.7 Å². The monoisotopic (exact) mass is 427 g/mol. The summed E-state index contributed by atoms with van der Waals surface area (Å²) in [6, 6.07) is 11.4. The predicted molar refractivity (Wildman–Crippen MR) is 111 cm³/mol. The van der Waals surface area contributed by atoms with E-state index in [0.29, 0.717) is 15.9 Å². The molecule has 11 heteroatoms. The summed E-state index contributed by atoms with van der Waals surface area (Å²) in [5, 5.41) is 25.5. The van der Waals surface area contributed by atoms with Gasteiger partial charge in [-0.05, 0) is 42.8 Å². The van der Waals surface area contributed by atoms with Crippen LogP contribution in [0.1, 0.15) is 11.9 Å². The SMILES string of the molecule is CCc1nnc(NC(=O)CSc2nnc3ccc(-c4ccc(OC)cc4)nn23)s1. The van der Waals surface area contributed by atoms with E-state index in [1.165, 1.54) is 23.1 Å². The van der Waals surface area contributed by atoms with E-state index < -0.39 is 0 Å². The van der Waals surface area contributed by atoms with Crippen LogP contribution >= 0.6 is 23.1 Å². The number of fused-ring (bicyclic) bond motifs is 1. The van der Waals surface area contributed by atoms with Crippen molar-refractivity contribution in [2.24, 2.45) is 0 Å². The summed E-state index contributed by atoms with van der Waals surface area (Å²) in [7, 11) is 1.63. The Morgan fingerprint density at radius 1 is 1.14 bits per heavy atom. The zero-order valence-corrected chi connectivity index (χ0v) is 17.3. The Morgan fingerprint density at radius 3 is 2.69 bits per heavy atom. The molecule has 0 spiro atoms. The van der Waals surface area contributed by atoms with Crippen LogP contribution < -0.4 is 10.1 Å². The molecule has 1 N–H and O–H groups in total. The van der Waals surface area contributed by atoms with E-state index in [4.69, 9.17) is 4.74 Å². The molecule has 4 rings (SSSR count). The summed E-state index contributed by atoms with van der Waals surface area (Å²) in [6.07, 6.45) is 0.788. The molecule has 0 radical (unpaired) electrons. The number of rotatable bonds is 7. The first kappa shape index (κ1) is 19.3. The third-order valence-electron chi connectivity index (χ3n) is 3.97. The molecule has 0 bridgehead atoms. The van der Waals surface area contributed by atoms with Crippen molar-refractivity contribution < 1.29 is 9.53 Å². The van der Waals surface area contributed by atoms with Crippen molar-refractivity contribution in [1.29, 1.82) is 0 Å². The number of ether oxygens (including phenoxy) is 1. The smallest absolute Gasteiger partial charge is 0.236 e. The summed E-state index contributed by atoms with van der Waals surface area (Å²) in [5.74, 6) is 0.760. The van der Waals surface area contributed by atoms with Gasteiger partial charge in [0.05, 0.1) is 18.6 Å². The number of amides is 1. The topological polar surface area (TPSA) is 107 Å². The van der Waals surface area contributed by atoms with Gasteiger partial charge in [0.2, 0.25) is 16.2 Å². The Labute approximate surface area is 174 Å². The molecular formula is C18H17N7O2S2. The fourth-order valence-corrected chi connectivity index (χ4v) is 3.89. The lowest BCUT2D eigenvalue weighted by Crippen LogP contribution is -2.14. The molecular weight excluding hydrogens is 410 g/mol. The maximum atomic E-state index is 12.2. The molecule has 3 heterocycles. The van der Waals surface area contributed by atoms with Crippen LogP contribution in [0, 0.1) is 0 Å². The number of carbonyl (C=O) groups excluding carboxylic acids is 1. The summed E-state index contributed by atoms with van der Waals surface area (Å²) in [5.41, 5.74) is 2.33. The van der Waals surface area contributed by atoms with Crippen LogP contribution in [0.4, 0.5) is 5.13 Å². The second-order valence-corrected chi connectivity index (χ2v) is 7.90. The van der Waals surface area contributed by atoms with Gasteiger partial charge < -0.3 is 4.74 Å². The van der Waals surface area contributed by atoms with E-state index in [0.717, 1.165) is 28.4 Å². The van der Waals surface area contributed by atoms with Crippen molar-refractivity contribution in [2.75, 3.05) is 18.2 Å². The van der Waals surface area contributed by atoms with E-state index in [1.807, 2.05) is 43.3 Å². The molecule has 0 saturated heterocycles. The number of nitrogens with one attached hydrogen (secondary N) is 1. The number of carbonyl (C=O) groups is 1. The molecule has 1 aromatic carbocycles. The number of hydrogen-bond acceptors (Lipinski definition) is 9. The van der Waals surface area contributed by atoms with Gasteiger partial charge in [-0.25, -0.2) is 0 Å². The highest BCUT2D eigenvalue weighted by molar-refractivity contribution is 7.99. The number of benzene rings is 1. The van der Waals surface area contributed by atoms with Gasteiger partial charge in [0.25, 0.3) is 0 Å². The molecule has 29 heavy (non-hydrogen) atoms. The van der Waals surface area contributed by atoms with Crippen LogP contribution in [0.25, 0.3) is 16.9 Å². The highest BCUT2D eigenvalue weighted by Crippen LogP contribution is 2.23. The van der Waals surface area contributed by atoms with Crippen molar-refractivity contribution in [3.63, 3.8) is 0 Å². The van der Waals surface area contributed by atoms with Crippen molar-refractivity contribution >= 4 is 39.8 Å². The summed E-state index contributed by atoms with van der Waals surface area (Å²) in [6.45, 7) is 1.99. The van der Waals surface area contributed by atoms with Gasteiger partial charge in [-0.3, -0.25) is 10.1 Å². The Balaban J connectivity index is 1.47. The maximum Gasteiger partial charge on any atom is 0.236 e. The van der Waals surface area contributed by atoms with E-state index in [2.05, 4.69) is 30.8 Å². The van der Waals surface area contributed by atoms with Gasteiger partial charge in [-0.15, -0.1) is 20.4 Å². The summed E-state index contributed by atoms with van der Waals surface area (Å²) < 4.78 is 6.83. The summed E-state index contributed by atoms with van der Waals surface area (Å²) >= 11 is 2.63. The fourth-order valence-electron chi connectivity index (χ4n) is 2.51. The third-order valence-corrected chi connectivity index (χ3v) is 5.87. The molecule has 9 nitrogen and oxygen atoms in total. The largest absolute Gasteiger partial charge is 0.497 e. The number of methoxy groups -OCH3 is 1. The minimum absolute atomic E-state index is 0.163. The van der Waals surface area contributed by atoms with Crippen molar-refractivity contribution in [3.05, 3.63) is 41.4 Å². The van der Waals surface area contributed by atoms with Gasteiger partial charge in [0, 0.05) is 5.56 Å². The molecule has 3 aromatic heterocycles. The Morgan fingerprint density at radius 2 is 1.97 bits per heavy atom. The lowest BCUT2D eigenvalue weighted by atomic mass is 10.1. The molecule has 4 aromatic rings. The minimum atomic E-state index is -0.183. The van der Waals surface area contributed by atoms with Gasteiger partial charge in [-0.1, -0.05) is 30.0 Å². The van der Waals surface area contributed by atoms with E-state index in [1.54, 1.807) is 11.6 Å². The minimum Gasteiger partial charge on any atom is -0.497 e. The van der Waals surface area contributed by atoms with Crippen LogP contribution in [-0.2, 0) is 11.2 Å². The number of aromatic nitrogens is 6. The quantitative estimate of drug-likeness (QED) is 0.449. The number of anilines is 1. The lowest BCUT2D eigenvalue weighted by Gasteiger charge is -2.04. The van der Waals surface area contributed by atoms with E-state index >= 15 is 0 Å². The first-order valence-electron chi connectivity index (χ1n) is 8.78. The normalized spacial score (nSPS) is 11.0. The third kappa shape index (κ3) is 4.35. The lowest BCUT2D eigenvalue weighted by molar-refractivity contribution is -0.113. The van der Waals surface area contributed by atoms with Gasteiger partial charge in [0.15, 0.2) is 5.65 Å². The van der Waals surface area contributed by atoms with Crippen LogP contribution in [0.15, 0.2) is 41.6 Å². The average molecular weight is 428 g/mol. The fraction of sp³-hybridized carbons (Fsp3) is 0.222. The molecule has 0 saturated carbocycles. The molecule has 0 fully saturated rings. The second-order valence-electron chi connectivity index (χ2n) is 5.89. The van der Waals surface area contributed by atoms with Crippen molar-refractivity contribution in [3.8, 4) is 17.0 Å². The molecule has 0 aliphatic heterocycles. The van der Waals surface area contributed by atoms with Crippen LogP contribution in [0.3, 0.4) is 0 Å². The molecule has 0 aliphatic carbocycles.